The molecule has 0 bridgehead atoms. The van der Waals surface area contributed by atoms with Crippen molar-refractivity contribution >= 4 is 8.58 Å². The van der Waals surface area contributed by atoms with Crippen LogP contribution in [-0.4, -0.2) is 12.3 Å². The van der Waals surface area contributed by atoms with Crippen molar-refractivity contribution in [2.75, 3.05) is 6.66 Å². The fourth-order valence-electron chi connectivity index (χ4n) is 0.948. The van der Waals surface area contributed by atoms with Crippen LogP contribution in [0.1, 0.15) is 34.1 Å². The highest BCUT2D eigenvalue weighted by Crippen LogP contribution is 2.24. The molecule has 1 heteroatoms. The van der Waals surface area contributed by atoms with Crippen molar-refractivity contribution in [3.63, 3.8) is 0 Å². The summed E-state index contributed by atoms with van der Waals surface area (Å²) in [4.78, 5) is 0. The van der Waals surface area contributed by atoms with Gasteiger partial charge in [-0.2, -0.15) is 0 Å². The van der Waals surface area contributed by atoms with Gasteiger partial charge in [0.15, 0.2) is 0 Å². The van der Waals surface area contributed by atoms with E-state index in [2.05, 4.69) is 34.4 Å². The maximum atomic E-state index is 2.36. The largest absolute Gasteiger partial charge is 0.122 e. The summed E-state index contributed by atoms with van der Waals surface area (Å²) < 4.78 is 0. The average molecular weight is 160 g/mol. The first-order chi connectivity index (χ1) is 4.57. The second-order valence-corrected chi connectivity index (χ2v) is 5.21. The fourth-order valence-corrected chi connectivity index (χ4v) is 1.56. The molecule has 0 fully saturated rings. The predicted octanol–water partition coefficient (Wildman–Crippen LogP) is 3.37. The molecule has 0 nitrogen and oxygen atoms in total. The summed E-state index contributed by atoms with van der Waals surface area (Å²) in [7, 11) is 1.12. The molecule has 0 saturated heterocycles. The molecule has 0 aromatic heterocycles. The topological polar surface area (TPSA) is 0 Å². The van der Waals surface area contributed by atoms with Crippen LogP contribution in [0.5, 0.6) is 0 Å². The van der Waals surface area contributed by atoms with Crippen LogP contribution in [0.3, 0.4) is 0 Å². The lowest BCUT2D eigenvalue weighted by Gasteiger charge is -2.18. The third-order valence-corrected chi connectivity index (χ3v) is 3.58. The Kier molecular flexibility index (Phi) is 5.35. The highest BCUT2D eigenvalue weighted by molar-refractivity contribution is 7.37. The van der Waals surface area contributed by atoms with Crippen LogP contribution in [0.15, 0.2) is 0 Å². The molecule has 3 unspecified atom stereocenters. The van der Waals surface area contributed by atoms with Crippen molar-refractivity contribution in [3.05, 3.63) is 0 Å². The van der Waals surface area contributed by atoms with E-state index in [0.29, 0.717) is 0 Å². The van der Waals surface area contributed by atoms with Gasteiger partial charge >= 0.3 is 0 Å². The van der Waals surface area contributed by atoms with E-state index in [1.54, 1.807) is 0 Å². The Morgan fingerprint density at radius 1 is 1.10 bits per heavy atom. The number of hydrogen-bond donors (Lipinski definition) is 0. The van der Waals surface area contributed by atoms with Gasteiger partial charge < -0.3 is 0 Å². The molecular weight excluding hydrogens is 139 g/mol. The summed E-state index contributed by atoms with van der Waals surface area (Å²) in [5.74, 6) is 1.77. The maximum Gasteiger partial charge on any atom is -0.0265 e. The molecule has 0 amide bonds. The number of hydrogen-bond acceptors (Lipinski definition) is 0. The van der Waals surface area contributed by atoms with Crippen molar-refractivity contribution in [1.29, 1.82) is 0 Å². The summed E-state index contributed by atoms with van der Waals surface area (Å²) in [5, 5.41) is 0. The van der Waals surface area contributed by atoms with E-state index in [9.17, 15) is 0 Å². The third-order valence-electron chi connectivity index (χ3n) is 2.36. The second-order valence-electron chi connectivity index (χ2n) is 3.65. The minimum absolute atomic E-state index is 0.860. The van der Waals surface area contributed by atoms with Gasteiger partial charge in [0.05, 0.1) is 0 Å². The van der Waals surface area contributed by atoms with E-state index in [1.807, 2.05) is 0 Å². The van der Waals surface area contributed by atoms with Gasteiger partial charge in [0.2, 0.25) is 0 Å². The highest BCUT2D eigenvalue weighted by atomic mass is 31.1. The molecule has 0 aliphatic rings. The smallest absolute Gasteiger partial charge is 0.0265 e. The Labute approximate surface area is 67.6 Å². The molecule has 0 aromatic carbocycles. The van der Waals surface area contributed by atoms with Crippen LogP contribution >= 0.6 is 8.58 Å². The van der Waals surface area contributed by atoms with Crippen LogP contribution in [0.4, 0.5) is 0 Å². The normalized spacial score (nSPS) is 18.6. The molecule has 0 radical (unpaired) electrons. The van der Waals surface area contributed by atoms with Crippen LogP contribution in [0.25, 0.3) is 0 Å². The average Bonchev–Trinajstić information content (AvgIpc) is 1.87. The van der Waals surface area contributed by atoms with Gasteiger partial charge in [0.25, 0.3) is 0 Å². The SMILES string of the molecule is CPC(C)CC(C)C(C)C. The van der Waals surface area contributed by atoms with E-state index in [0.717, 1.165) is 26.1 Å². The number of rotatable bonds is 4. The van der Waals surface area contributed by atoms with Crippen molar-refractivity contribution in [3.8, 4) is 0 Å². The molecule has 0 saturated carbocycles. The molecule has 10 heavy (non-hydrogen) atoms. The molecule has 0 rings (SSSR count). The lowest BCUT2D eigenvalue weighted by atomic mass is 9.93. The van der Waals surface area contributed by atoms with E-state index < -0.39 is 0 Å². The molecule has 0 aromatic rings. The standard InChI is InChI=1S/C9H21P/c1-7(2)8(3)6-9(4)10-5/h7-10H,6H2,1-5H3. The van der Waals surface area contributed by atoms with Crippen LogP contribution < -0.4 is 0 Å². The lowest BCUT2D eigenvalue weighted by Crippen LogP contribution is -2.09. The van der Waals surface area contributed by atoms with Crippen molar-refractivity contribution < 1.29 is 0 Å². The summed E-state index contributed by atoms with van der Waals surface area (Å²) in [6, 6.07) is 0. The fraction of sp³-hybridized carbons (Fsp3) is 1.00. The van der Waals surface area contributed by atoms with E-state index in [4.69, 9.17) is 0 Å². The van der Waals surface area contributed by atoms with Crippen LogP contribution in [0.2, 0.25) is 0 Å². The second kappa shape index (κ2) is 5.13. The van der Waals surface area contributed by atoms with Gasteiger partial charge in [-0.1, -0.05) is 27.7 Å². The molecule has 0 heterocycles. The minimum atomic E-state index is 0.860. The predicted molar refractivity (Wildman–Crippen MR) is 52.3 cm³/mol. The third kappa shape index (κ3) is 4.28. The first kappa shape index (κ1) is 10.4. The first-order valence-corrected chi connectivity index (χ1v) is 5.83. The van der Waals surface area contributed by atoms with E-state index in [1.165, 1.54) is 6.42 Å². The Morgan fingerprint density at radius 2 is 1.60 bits per heavy atom. The van der Waals surface area contributed by atoms with Gasteiger partial charge in [0.1, 0.15) is 0 Å². The molecule has 0 spiro atoms. The summed E-state index contributed by atoms with van der Waals surface area (Å²) in [6.45, 7) is 11.7. The lowest BCUT2D eigenvalue weighted by molar-refractivity contribution is 0.392. The van der Waals surface area contributed by atoms with Gasteiger partial charge in [0, 0.05) is 0 Å². The van der Waals surface area contributed by atoms with Gasteiger partial charge in [-0.05, 0) is 30.6 Å². The van der Waals surface area contributed by atoms with Gasteiger partial charge in [-0.25, -0.2) is 0 Å². The molecular formula is C9H21P. The van der Waals surface area contributed by atoms with Crippen molar-refractivity contribution in [2.24, 2.45) is 11.8 Å². The Balaban J connectivity index is 3.46. The van der Waals surface area contributed by atoms with Crippen LogP contribution in [0, 0.1) is 11.8 Å². The quantitative estimate of drug-likeness (QED) is 0.553. The van der Waals surface area contributed by atoms with Crippen LogP contribution in [-0.2, 0) is 0 Å². The highest BCUT2D eigenvalue weighted by Gasteiger charge is 2.09. The van der Waals surface area contributed by atoms with Gasteiger partial charge in [-0.15, -0.1) is 8.58 Å². The maximum absolute atomic E-state index is 2.36. The monoisotopic (exact) mass is 160 g/mol. The molecule has 0 aliphatic heterocycles. The molecule has 0 aliphatic carbocycles. The Morgan fingerprint density at radius 3 is 1.90 bits per heavy atom. The minimum Gasteiger partial charge on any atom is -0.122 e. The summed E-state index contributed by atoms with van der Waals surface area (Å²) >= 11 is 0. The first-order valence-electron chi connectivity index (χ1n) is 4.25. The zero-order valence-electron chi connectivity index (χ0n) is 7.94. The van der Waals surface area contributed by atoms with Gasteiger partial charge in [-0.3, -0.25) is 0 Å². The van der Waals surface area contributed by atoms with Crippen molar-refractivity contribution in [2.45, 2.75) is 39.8 Å². The Hall–Kier alpha value is 0.430. The zero-order valence-corrected chi connectivity index (χ0v) is 8.94. The molecule has 3 atom stereocenters. The zero-order chi connectivity index (χ0) is 8.15. The summed E-state index contributed by atoms with van der Waals surface area (Å²) in [5.41, 5.74) is 0.942. The Bertz CT molecular complexity index is 78.8. The molecule has 0 N–H and O–H groups in total. The van der Waals surface area contributed by atoms with Crippen molar-refractivity contribution in [1.82, 2.24) is 0 Å². The van der Waals surface area contributed by atoms with E-state index in [-0.39, 0.29) is 0 Å². The van der Waals surface area contributed by atoms with E-state index >= 15 is 0 Å². The molecule has 62 valence electrons. The summed E-state index contributed by atoms with van der Waals surface area (Å²) in [6.07, 6.45) is 1.41.